The highest BCUT2D eigenvalue weighted by Crippen LogP contribution is 2.46. The number of rotatable bonds is 5. The molecule has 1 aliphatic carbocycles. The van der Waals surface area contributed by atoms with Crippen molar-refractivity contribution >= 4 is 17.3 Å². The van der Waals surface area contributed by atoms with Crippen LogP contribution in [0.4, 0.5) is 0 Å². The molecule has 3 aliphatic heterocycles. The Morgan fingerprint density at radius 1 is 1.24 bits per heavy atom. The second kappa shape index (κ2) is 7.89. The molecule has 0 unspecified atom stereocenters. The molecule has 4 heterocycles. The monoisotopic (exact) mass is 492 g/mol. The van der Waals surface area contributed by atoms with Gasteiger partial charge in [0.25, 0.3) is 0 Å². The lowest BCUT2D eigenvalue weighted by Crippen LogP contribution is -2.53. The van der Waals surface area contributed by atoms with Gasteiger partial charge in [0.15, 0.2) is 11.5 Å². The van der Waals surface area contributed by atoms with Crippen LogP contribution in [0.15, 0.2) is 26.9 Å². The largest absolute Gasteiger partial charge is 0.454 e. The van der Waals surface area contributed by atoms with Crippen molar-refractivity contribution in [2.75, 3.05) is 13.4 Å². The number of aromatic nitrogens is 3. The molecule has 0 spiro atoms. The molecule has 1 aromatic heterocycles. The van der Waals surface area contributed by atoms with E-state index in [-0.39, 0.29) is 25.4 Å². The van der Waals surface area contributed by atoms with Crippen molar-refractivity contribution in [1.82, 2.24) is 13.9 Å². The average molecular weight is 493 g/mol. The quantitative estimate of drug-likeness (QED) is 0.487. The molecule has 1 N–H and O–H groups in total. The molecule has 0 amide bonds. The fourth-order valence-corrected chi connectivity index (χ4v) is 5.35. The number of epoxide rings is 1. The van der Waals surface area contributed by atoms with Crippen LogP contribution in [-0.4, -0.2) is 56.5 Å². The highest BCUT2D eigenvalue weighted by Gasteiger charge is 2.61. The molecule has 5 atom stereocenters. The van der Waals surface area contributed by atoms with Crippen LogP contribution in [0.25, 0.3) is 0 Å². The van der Waals surface area contributed by atoms with Gasteiger partial charge in [-0.25, -0.2) is 23.5 Å². The Balaban J connectivity index is 1.37. The second-order valence-corrected chi connectivity index (χ2v) is 9.93. The summed E-state index contributed by atoms with van der Waals surface area (Å²) in [6, 6.07) is 2.62. The van der Waals surface area contributed by atoms with Gasteiger partial charge >= 0.3 is 11.4 Å². The van der Waals surface area contributed by atoms with Gasteiger partial charge in [0.05, 0.1) is 18.3 Å². The van der Waals surface area contributed by atoms with E-state index in [1.165, 1.54) is 9.36 Å². The molecule has 34 heavy (non-hydrogen) atoms. The molecule has 1 saturated carbocycles. The zero-order valence-corrected chi connectivity index (χ0v) is 19.5. The average Bonchev–Trinajstić information content (AvgIpc) is 3.42. The molecule has 11 nitrogen and oxygen atoms in total. The summed E-state index contributed by atoms with van der Waals surface area (Å²) in [5, 5.41) is 15.7. The number of aliphatic hydroxyl groups excluding tert-OH is 1. The Kier molecular flexibility index (Phi) is 5.05. The lowest BCUT2D eigenvalue weighted by Gasteiger charge is -2.38. The van der Waals surface area contributed by atoms with Crippen LogP contribution < -0.4 is 20.9 Å². The van der Waals surface area contributed by atoms with Crippen molar-refractivity contribution in [1.29, 1.82) is 0 Å². The number of nitrogens with zero attached hydrogens (tertiary/aromatic N) is 4. The van der Waals surface area contributed by atoms with Crippen molar-refractivity contribution in [3.8, 4) is 11.5 Å². The number of aliphatic hydroxyl groups is 1. The number of ether oxygens (including phenoxy) is 3. The molecular formula is C22H25ClN4O7. The summed E-state index contributed by atoms with van der Waals surface area (Å²) in [6.45, 7) is 4.88. The maximum atomic E-state index is 13.5. The van der Waals surface area contributed by atoms with E-state index in [0.717, 1.165) is 4.57 Å². The van der Waals surface area contributed by atoms with E-state index in [1.807, 2.05) is 13.8 Å². The van der Waals surface area contributed by atoms with Crippen LogP contribution in [0.2, 0.25) is 5.02 Å². The minimum atomic E-state index is -0.937. The maximum Gasteiger partial charge on any atom is 0.347 e. The van der Waals surface area contributed by atoms with Crippen LogP contribution in [-0.2, 0) is 22.7 Å². The first-order chi connectivity index (χ1) is 16.3. The molecule has 1 saturated heterocycles. The van der Waals surface area contributed by atoms with E-state index in [9.17, 15) is 14.7 Å². The third-order valence-electron chi connectivity index (χ3n) is 6.82. The molecule has 6 rings (SSSR count). The van der Waals surface area contributed by atoms with E-state index in [0.29, 0.717) is 53.3 Å². The van der Waals surface area contributed by atoms with E-state index < -0.39 is 29.6 Å². The van der Waals surface area contributed by atoms with Gasteiger partial charge in [-0.15, -0.1) is 0 Å². The first-order valence-corrected chi connectivity index (χ1v) is 11.8. The van der Waals surface area contributed by atoms with Crippen LogP contribution in [0, 0.1) is 11.8 Å². The molecule has 2 fully saturated rings. The van der Waals surface area contributed by atoms with Crippen LogP contribution in [0.1, 0.15) is 31.9 Å². The molecule has 1 aromatic carbocycles. The predicted octanol–water partition coefficient (Wildman–Crippen LogP) is 0.973. The first-order valence-electron chi connectivity index (χ1n) is 11.4. The van der Waals surface area contributed by atoms with Gasteiger partial charge in [-0.3, -0.25) is 0 Å². The lowest BCUT2D eigenvalue weighted by molar-refractivity contribution is 0.0318. The van der Waals surface area contributed by atoms with E-state index in [1.54, 1.807) is 12.1 Å². The normalized spacial score (nSPS) is 29.7. The molecule has 0 radical (unpaired) electrons. The summed E-state index contributed by atoms with van der Waals surface area (Å²) in [7, 11) is 0. The number of hydrogen-bond donors (Lipinski definition) is 1. The molecule has 2 aromatic rings. The fraction of sp³-hybridized carbons (Fsp3) is 0.591. The van der Waals surface area contributed by atoms with Gasteiger partial charge in [-0.2, -0.15) is 0 Å². The molecule has 4 aliphatic rings. The van der Waals surface area contributed by atoms with Gasteiger partial charge in [0.2, 0.25) is 6.79 Å². The Hall–Kier alpha value is -2.76. The smallest absolute Gasteiger partial charge is 0.347 e. The summed E-state index contributed by atoms with van der Waals surface area (Å²) < 4.78 is 20.3. The van der Waals surface area contributed by atoms with Gasteiger partial charge in [-0.1, -0.05) is 30.6 Å². The highest BCUT2D eigenvalue weighted by atomic mass is 35.5. The van der Waals surface area contributed by atoms with Crippen molar-refractivity contribution in [3.63, 3.8) is 0 Å². The number of benzene rings is 1. The lowest BCUT2D eigenvalue weighted by atomic mass is 9.78. The molecular weight excluding hydrogens is 468 g/mol. The third kappa shape index (κ3) is 3.29. The summed E-state index contributed by atoms with van der Waals surface area (Å²) in [5.41, 5.74) is 0.272. The third-order valence-corrected chi connectivity index (χ3v) is 7.17. The van der Waals surface area contributed by atoms with Gasteiger partial charge < -0.3 is 24.2 Å². The molecule has 12 heteroatoms. The number of hydrogen-bond acceptors (Lipinski definition) is 8. The van der Waals surface area contributed by atoms with Crippen molar-refractivity contribution < 1.29 is 24.2 Å². The van der Waals surface area contributed by atoms with Crippen LogP contribution in [0.5, 0.6) is 11.5 Å². The van der Waals surface area contributed by atoms with Crippen LogP contribution in [0.3, 0.4) is 0 Å². The summed E-state index contributed by atoms with van der Waals surface area (Å²) >= 11 is 6.38. The van der Waals surface area contributed by atoms with E-state index >= 15 is 0 Å². The van der Waals surface area contributed by atoms with E-state index in [4.69, 9.17) is 30.6 Å². The predicted molar refractivity (Wildman–Crippen MR) is 120 cm³/mol. The minimum Gasteiger partial charge on any atom is -0.454 e. The molecule has 182 valence electrons. The van der Waals surface area contributed by atoms with Crippen LogP contribution >= 0.6 is 11.6 Å². The Bertz CT molecular complexity index is 1300. The zero-order valence-electron chi connectivity index (χ0n) is 18.7. The Labute approximate surface area is 199 Å². The summed E-state index contributed by atoms with van der Waals surface area (Å²) in [5.74, 6) is 1.07. The second-order valence-electron chi connectivity index (χ2n) is 9.52. The number of fused-ring (bicyclic) bond motifs is 5. The summed E-state index contributed by atoms with van der Waals surface area (Å²) in [4.78, 5) is 32.2. The Morgan fingerprint density at radius 2 is 2.00 bits per heavy atom. The van der Waals surface area contributed by atoms with Gasteiger partial charge in [-0.05, 0) is 24.0 Å². The van der Waals surface area contributed by atoms with Gasteiger partial charge in [0, 0.05) is 23.6 Å². The standard InChI is InChI=1S/C22H25ClN4O7/c1-10(2)8-33-24-16-12-3-4-26-21(29)25(7-11-5-14-15(6-13(11)23)32-9-31-14)22(30)27(26)17(12)18(28)20-19(16)34-20/h5-6,10,12,17-20,28H,3-4,7-9H2,1-2H3/t12-,17-,18+,19-,20+/m1/s1. The molecule has 0 bridgehead atoms. The SMILES string of the molecule is CC(C)CON=C1[C@H]2CCn3c(=O)n(Cc4cc5c(cc4Cl)OCO5)c(=O)n3[C@H]2[C@H](O)[C@@H]2O[C@H]12. The zero-order chi connectivity index (χ0) is 23.7. The first kappa shape index (κ1) is 21.8. The van der Waals surface area contributed by atoms with Crippen molar-refractivity contribution in [2.24, 2.45) is 17.0 Å². The maximum absolute atomic E-state index is 13.5. The van der Waals surface area contributed by atoms with Gasteiger partial charge in [0.1, 0.15) is 24.9 Å². The topological polar surface area (TPSA) is 122 Å². The van der Waals surface area contributed by atoms with E-state index in [2.05, 4.69) is 5.16 Å². The number of halogens is 1. The highest BCUT2D eigenvalue weighted by molar-refractivity contribution is 6.31. The summed E-state index contributed by atoms with van der Waals surface area (Å²) in [6.07, 6.45) is -1.19. The minimum absolute atomic E-state index is 0.0331. The van der Waals surface area contributed by atoms with Crippen molar-refractivity contribution in [2.45, 2.75) is 57.7 Å². The van der Waals surface area contributed by atoms with Crippen molar-refractivity contribution in [3.05, 3.63) is 43.7 Å². The Morgan fingerprint density at radius 3 is 2.76 bits per heavy atom. The number of oxime groups is 1. The fourth-order valence-electron chi connectivity index (χ4n) is 5.13.